The van der Waals surface area contributed by atoms with Crippen LogP contribution < -0.4 is 16.0 Å². The van der Waals surface area contributed by atoms with E-state index in [4.69, 9.17) is 5.73 Å². The molecule has 0 radical (unpaired) electrons. The minimum absolute atomic E-state index is 0.0606. The Morgan fingerprint density at radius 1 is 1.10 bits per heavy atom. The second-order valence-corrected chi connectivity index (χ2v) is 7.48. The predicted molar refractivity (Wildman–Crippen MR) is 122 cm³/mol. The zero-order valence-electron chi connectivity index (χ0n) is 17.5. The normalized spacial score (nSPS) is 10.8. The van der Waals surface area contributed by atoms with Crippen molar-refractivity contribution in [3.05, 3.63) is 59.7 Å². The number of nitrogens with one attached hydrogen (secondary N) is 1. The minimum atomic E-state index is -1.10. The molecule has 0 aliphatic heterocycles. The number of unbranched alkanes of at least 4 members (excludes halogenated alkanes) is 1. The van der Waals surface area contributed by atoms with Gasteiger partial charge in [-0.2, -0.15) is 0 Å². The van der Waals surface area contributed by atoms with E-state index < -0.39 is 5.97 Å². The summed E-state index contributed by atoms with van der Waals surface area (Å²) in [6.45, 7) is 2.57. The number of rotatable bonds is 7. The molecule has 156 valence electrons. The maximum atomic E-state index is 13.3. The highest BCUT2D eigenvalue weighted by molar-refractivity contribution is 6.20. The Balaban J connectivity index is 2.35. The van der Waals surface area contributed by atoms with Crippen molar-refractivity contribution in [1.82, 2.24) is 5.32 Å². The quantitative estimate of drug-likeness (QED) is 0.400. The Labute approximate surface area is 176 Å². The van der Waals surface area contributed by atoms with Crippen molar-refractivity contribution in [2.75, 3.05) is 31.3 Å². The fraction of sp³-hybridized carbons (Fsp3) is 0.250. The van der Waals surface area contributed by atoms with Crippen LogP contribution in [-0.4, -0.2) is 37.6 Å². The van der Waals surface area contributed by atoms with Gasteiger partial charge in [-0.3, -0.25) is 4.79 Å². The zero-order valence-corrected chi connectivity index (χ0v) is 17.5. The molecular weight excluding hydrogens is 378 g/mol. The molecule has 0 atom stereocenters. The molecule has 0 aliphatic rings. The van der Waals surface area contributed by atoms with Crippen molar-refractivity contribution in [2.24, 2.45) is 0 Å². The van der Waals surface area contributed by atoms with E-state index in [1.807, 2.05) is 50.2 Å². The maximum Gasteiger partial charge on any atom is 0.336 e. The zero-order chi connectivity index (χ0) is 21.8. The Morgan fingerprint density at radius 3 is 2.50 bits per heavy atom. The summed E-state index contributed by atoms with van der Waals surface area (Å²) in [5.74, 6) is -1.39. The number of nitrogens with two attached hydrogens (primary N) is 1. The summed E-state index contributed by atoms with van der Waals surface area (Å²) >= 11 is 0. The highest BCUT2D eigenvalue weighted by Crippen LogP contribution is 2.37. The van der Waals surface area contributed by atoms with Gasteiger partial charge in [0.05, 0.1) is 11.1 Å². The summed E-state index contributed by atoms with van der Waals surface area (Å²) in [6, 6.07) is 14.4. The van der Waals surface area contributed by atoms with Crippen molar-refractivity contribution in [1.29, 1.82) is 0 Å². The van der Waals surface area contributed by atoms with Crippen LogP contribution in [0.1, 0.15) is 40.5 Å². The molecule has 0 heterocycles. The van der Waals surface area contributed by atoms with Gasteiger partial charge in [0.25, 0.3) is 5.91 Å². The van der Waals surface area contributed by atoms with Gasteiger partial charge in [0.2, 0.25) is 0 Å². The molecular formula is C24H27N3O3. The number of carbonyl (C=O) groups is 2. The fourth-order valence-electron chi connectivity index (χ4n) is 3.56. The van der Waals surface area contributed by atoms with Crippen molar-refractivity contribution < 1.29 is 14.7 Å². The minimum Gasteiger partial charge on any atom is -0.478 e. The molecule has 0 saturated carbocycles. The molecule has 1 amide bonds. The first-order valence-corrected chi connectivity index (χ1v) is 9.99. The van der Waals surface area contributed by atoms with Crippen molar-refractivity contribution >= 4 is 34.0 Å². The largest absolute Gasteiger partial charge is 0.478 e. The molecule has 3 aromatic rings. The van der Waals surface area contributed by atoms with Gasteiger partial charge in [-0.25, -0.2) is 4.79 Å². The van der Waals surface area contributed by atoms with Crippen LogP contribution in [0.2, 0.25) is 0 Å². The second-order valence-electron chi connectivity index (χ2n) is 7.48. The van der Waals surface area contributed by atoms with Crippen molar-refractivity contribution in [2.45, 2.75) is 19.8 Å². The van der Waals surface area contributed by atoms with Crippen LogP contribution in [-0.2, 0) is 0 Å². The lowest BCUT2D eigenvalue weighted by molar-refractivity contribution is 0.0699. The Hall–Kier alpha value is -3.54. The third kappa shape index (κ3) is 4.08. The topological polar surface area (TPSA) is 95.7 Å². The molecule has 3 aromatic carbocycles. The number of carboxylic acid groups (broad SMARTS) is 1. The highest BCUT2D eigenvalue weighted by atomic mass is 16.4. The van der Waals surface area contributed by atoms with Gasteiger partial charge in [0, 0.05) is 42.8 Å². The van der Waals surface area contributed by atoms with E-state index in [1.165, 1.54) is 6.07 Å². The van der Waals surface area contributed by atoms with Gasteiger partial charge in [0.15, 0.2) is 0 Å². The van der Waals surface area contributed by atoms with E-state index in [9.17, 15) is 14.7 Å². The van der Waals surface area contributed by atoms with Gasteiger partial charge in [-0.15, -0.1) is 0 Å². The average Bonchev–Trinajstić information content (AvgIpc) is 2.73. The molecule has 6 nitrogen and oxygen atoms in total. The Kier molecular flexibility index (Phi) is 6.26. The average molecular weight is 405 g/mol. The SMILES string of the molecule is CCCCNC(=O)c1c(-c2cccc(N(C)C)c2)cc(N)c2cccc(C(=O)O)c12. The first-order valence-electron chi connectivity index (χ1n) is 9.99. The lowest BCUT2D eigenvalue weighted by atomic mass is 9.89. The molecule has 0 aromatic heterocycles. The molecule has 0 spiro atoms. The van der Waals surface area contributed by atoms with Gasteiger partial charge < -0.3 is 21.1 Å². The molecule has 0 fully saturated rings. The van der Waals surface area contributed by atoms with Crippen LogP contribution in [0.3, 0.4) is 0 Å². The number of anilines is 2. The third-order valence-corrected chi connectivity index (χ3v) is 5.14. The molecule has 6 heteroatoms. The lowest BCUT2D eigenvalue weighted by Gasteiger charge is -2.19. The smallest absolute Gasteiger partial charge is 0.336 e. The van der Waals surface area contributed by atoms with E-state index in [-0.39, 0.29) is 11.5 Å². The Morgan fingerprint density at radius 2 is 1.83 bits per heavy atom. The van der Waals surface area contributed by atoms with E-state index in [0.29, 0.717) is 34.1 Å². The summed E-state index contributed by atoms with van der Waals surface area (Å²) in [6.07, 6.45) is 1.79. The number of hydrogen-bond acceptors (Lipinski definition) is 4. The van der Waals surface area contributed by atoms with Crippen LogP contribution in [0, 0.1) is 0 Å². The van der Waals surface area contributed by atoms with E-state index >= 15 is 0 Å². The van der Waals surface area contributed by atoms with Crippen LogP contribution in [0.25, 0.3) is 21.9 Å². The molecule has 0 bridgehead atoms. The van der Waals surface area contributed by atoms with Crippen LogP contribution in [0.5, 0.6) is 0 Å². The van der Waals surface area contributed by atoms with Gasteiger partial charge in [-0.05, 0) is 41.8 Å². The lowest BCUT2D eigenvalue weighted by Crippen LogP contribution is -2.26. The summed E-state index contributed by atoms with van der Waals surface area (Å²) in [5.41, 5.74) is 9.53. The number of nitrogens with zero attached hydrogens (tertiary/aromatic N) is 1. The number of hydrogen-bond donors (Lipinski definition) is 3. The summed E-state index contributed by atoms with van der Waals surface area (Å²) in [4.78, 5) is 27.2. The van der Waals surface area contributed by atoms with Crippen LogP contribution >= 0.6 is 0 Å². The predicted octanol–water partition coefficient (Wildman–Crippen LogP) is 4.38. The van der Waals surface area contributed by atoms with Gasteiger partial charge >= 0.3 is 5.97 Å². The summed E-state index contributed by atoms with van der Waals surface area (Å²) in [5, 5.41) is 13.7. The van der Waals surface area contributed by atoms with Crippen LogP contribution in [0.4, 0.5) is 11.4 Å². The number of carbonyl (C=O) groups excluding carboxylic acids is 1. The van der Waals surface area contributed by atoms with Gasteiger partial charge in [-0.1, -0.05) is 37.6 Å². The fourth-order valence-corrected chi connectivity index (χ4v) is 3.56. The monoisotopic (exact) mass is 405 g/mol. The number of amides is 1. The number of carboxylic acids is 1. The first kappa shape index (κ1) is 21.2. The molecule has 3 rings (SSSR count). The first-order chi connectivity index (χ1) is 14.3. The van der Waals surface area contributed by atoms with E-state index in [0.717, 1.165) is 24.1 Å². The summed E-state index contributed by atoms with van der Waals surface area (Å²) in [7, 11) is 3.88. The van der Waals surface area contributed by atoms with E-state index in [1.54, 1.807) is 18.2 Å². The number of benzene rings is 3. The second kappa shape index (κ2) is 8.86. The molecule has 0 unspecified atom stereocenters. The van der Waals surface area contributed by atoms with Gasteiger partial charge in [0.1, 0.15) is 0 Å². The molecule has 30 heavy (non-hydrogen) atoms. The molecule has 4 N–H and O–H groups in total. The number of nitrogen functional groups attached to an aromatic ring is 1. The van der Waals surface area contributed by atoms with Crippen molar-refractivity contribution in [3.8, 4) is 11.1 Å². The maximum absolute atomic E-state index is 13.3. The van der Waals surface area contributed by atoms with Crippen LogP contribution in [0.15, 0.2) is 48.5 Å². The molecule has 0 aliphatic carbocycles. The van der Waals surface area contributed by atoms with Crippen molar-refractivity contribution in [3.63, 3.8) is 0 Å². The Bertz CT molecular complexity index is 1110. The number of fused-ring (bicyclic) bond motifs is 1. The van der Waals surface area contributed by atoms with E-state index in [2.05, 4.69) is 5.32 Å². The third-order valence-electron chi connectivity index (χ3n) is 5.14. The molecule has 0 saturated heterocycles. The standard InChI is InChI=1S/C24H27N3O3/c1-4-5-12-26-23(28)22-19(15-8-6-9-16(13-15)27(2)3)14-20(25)17-10-7-11-18(21(17)22)24(29)30/h6-11,13-14H,4-5,12,25H2,1-3H3,(H,26,28)(H,29,30). The number of aromatic carboxylic acids is 1. The highest BCUT2D eigenvalue weighted by Gasteiger charge is 2.23. The summed E-state index contributed by atoms with van der Waals surface area (Å²) < 4.78 is 0.